The minimum atomic E-state index is -1.85. The molecule has 0 radical (unpaired) electrons. The average molecular weight is 1550 g/mol. The topological polar surface area (TPSA) is 366 Å². The molecule has 10 atom stereocenters. The molecule has 0 saturated carbocycles. The van der Waals surface area contributed by atoms with Gasteiger partial charge in [-0.1, -0.05) is 73.5 Å². The number of quaternary nitrogens is 1. The summed E-state index contributed by atoms with van der Waals surface area (Å²) >= 11 is 0. The number of ether oxygens (including phenoxy) is 2. The van der Waals surface area contributed by atoms with E-state index in [2.05, 4.69) is 69.0 Å². The van der Waals surface area contributed by atoms with Crippen molar-refractivity contribution in [1.82, 2.24) is 67.1 Å². The van der Waals surface area contributed by atoms with Crippen molar-refractivity contribution in [3.63, 3.8) is 0 Å². The number of nitrogens with zero attached hydrogens (tertiary/aromatic N) is 5. The second-order valence-corrected chi connectivity index (χ2v) is 31.5. The number of amides is 12. The smallest absolute Gasteiger partial charge is 0.246 e. The molecule has 1 aromatic heterocycles. The number of fused-ring (bicyclic) bond motifs is 16. The number of hydrogen-bond donors (Lipinski definition) is 10. The Morgan fingerprint density at radius 1 is 0.688 bits per heavy atom. The molecule has 5 aromatic rings. The lowest BCUT2D eigenvalue weighted by Gasteiger charge is -2.37. The van der Waals surface area contributed by atoms with Gasteiger partial charge in [0.25, 0.3) is 0 Å². The molecule has 6 aliphatic rings. The highest BCUT2D eigenvalue weighted by Gasteiger charge is 2.50. The van der Waals surface area contributed by atoms with Crippen LogP contribution in [0.25, 0.3) is 10.9 Å². The van der Waals surface area contributed by atoms with Gasteiger partial charge in [-0.2, -0.15) is 0 Å². The summed E-state index contributed by atoms with van der Waals surface area (Å²) in [6, 6.07) is 14.1. The van der Waals surface area contributed by atoms with Crippen molar-refractivity contribution >= 4 is 81.8 Å². The maximum absolute atomic E-state index is 16.2. The molecule has 2 saturated heterocycles. The second-order valence-electron chi connectivity index (χ2n) is 31.5. The summed E-state index contributed by atoms with van der Waals surface area (Å²) in [5.41, 5.74) is 2.77. The van der Waals surface area contributed by atoms with Gasteiger partial charge in [0.05, 0.1) is 47.0 Å². The molecule has 6 aliphatic heterocycles. The SMILES string of the molecule is COc1ccc(C[C@@H]2NC(=O)[C@H]([C@@H](C)O)NC(=O)C3[C@@H]4CCN3C(=O)[C@@H]3Cc5cn(c6ccc(F)cc56)CCCCCCN(Cc5ccc(cc5)CCNC(=O)[C@]5(C)CCCN5C2=O)C(=O)CCC(=O)N[C@@H](C)C(=O)N[C@H](CNC(=O)CCCCC[N+](C)(C)C)C(=O)N[C@@H](Cc2cccc(c2)CNC(=O)CO4)C(=O)N3)cc1. The van der Waals surface area contributed by atoms with E-state index in [1.54, 1.807) is 72.6 Å². The summed E-state index contributed by atoms with van der Waals surface area (Å²) in [6.07, 6.45) is 3.06. The average Bonchev–Trinajstić information content (AvgIpc) is 1.63. The number of halogens is 1. The van der Waals surface area contributed by atoms with E-state index in [1.165, 1.54) is 38.0 Å². The highest BCUT2D eigenvalue weighted by atomic mass is 19.1. The normalized spacial score (nSPS) is 24.9. The van der Waals surface area contributed by atoms with Crippen LogP contribution in [0.2, 0.25) is 0 Å². The van der Waals surface area contributed by atoms with Crippen molar-refractivity contribution in [2.24, 2.45) is 0 Å². The van der Waals surface area contributed by atoms with Crippen molar-refractivity contribution in [3.8, 4) is 5.75 Å². The maximum atomic E-state index is 16.2. The number of rotatable bonds is 12. The highest BCUT2D eigenvalue weighted by Crippen LogP contribution is 2.32. The Morgan fingerprint density at radius 2 is 1.41 bits per heavy atom. The summed E-state index contributed by atoms with van der Waals surface area (Å²) in [7, 11) is 7.69. The predicted octanol–water partition coefficient (Wildman–Crippen LogP) is 2.56. The first-order chi connectivity index (χ1) is 53.5. The van der Waals surface area contributed by atoms with Crippen LogP contribution in [0, 0.1) is 5.82 Å². The Bertz CT molecular complexity index is 4220. The van der Waals surface area contributed by atoms with E-state index in [0.29, 0.717) is 96.9 Å². The zero-order chi connectivity index (χ0) is 80.4. The monoisotopic (exact) mass is 1550 g/mol. The fourth-order valence-corrected chi connectivity index (χ4v) is 15.3. The Hall–Kier alpha value is -10.3. The summed E-state index contributed by atoms with van der Waals surface area (Å²) in [6.45, 7) is 4.88. The Labute approximate surface area is 652 Å². The molecule has 29 nitrogen and oxygen atoms in total. The molecule has 0 aliphatic carbocycles. The first kappa shape index (κ1) is 84.1. The molecule has 30 heteroatoms. The molecular formula is C82H110FN14O15+. The summed E-state index contributed by atoms with van der Waals surface area (Å²) < 4.78 is 30.2. The lowest BCUT2D eigenvalue weighted by Crippen LogP contribution is -2.64. The van der Waals surface area contributed by atoms with Gasteiger partial charge in [-0.25, -0.2) is 4.39 Å². The van der Waals surface area contributed by atoms with E-state index in [-0.39, 0.29) is 90.0 Å². The lowest BCUT2D eigenvalue weighted by atomic mass is 9.95. The standard InChI is InChI=1S/C82H109FN14O15/c1-51-74(103)91-65(47-86-68(99)19-11-10-14-40-97(4,5)6)76(105)88-62-43-56-17-15-18-57(41-56)46-85-70(101)50-112-67-33-39-95-73(67)78(107)92-72(52(2)98)77(106)90-63(42-54-24-27-60(111-7)28-25-54)80(109)96-38-16-34-82(96,3)81(110)84-35-32-53-20-22-55(23-21-53)48-94(71(102)31-30-69(100)87-51)37-13-9-8-12-36-93-49-58(44-64(79(95)108)89-75(62)104)61-45-59(83)26-29-66(61)93/h15,17-18,20-29,41,45,49,51-52,62-65,67,72-73,98H,8-14,16,19,30-40,42-44,46-48,50H2,1-7H3,(H8-,84,85,86,87,88,89,90,91,92,99,100,101,103,104,105,106,107,110)/p+1/t51-,52+,62-,63-,64-,65+,67-,72-,73?,82-/m0/s1. The summed E-state index contributed by atoms with van der Waals surface area (Å²) in [4.78, 5) is 183. The zero-order valence-electron chi connectivity index (χ0n) is 65.3. The lowest BCUT2D eigenvalue weighted by molar-refractivity contribution is -0.870. The molecule has 604 valence electrons. The van der Waals surface area contributed by atoms with Crippen molar-refractivity contribution in [3.05, 3.63) is 136 Å². The number of aromatic nitrogens is 1. The van der Waals surface area contributed by atoms with E-state index in [1.807, 2.05) is 28.8 Å². The van der Waals surface area contributed by atoms with Crippen molar-refractivity contribution in [1.29, 1.82) is 0 Å². The van der Waals surface area contributed by atoms with Crippen LogP contribution in [-0.2, 0) is 108 Å². The van der Waals surface area contributed by atoms with Crippen molar-refractivity contribution in [2.45, 2.75) is 210 Å². The quantitative estimate of drug-likeness (QED) is 0.0634. The molecule has 12 amide bonds. The van der Waals surface area contributed by atoms with Gasteiger partial charge < -0.3 is 86.2 Å². The molecule has 0 spiro atoms. The number of methoxy groups -OCH3 is 1. The number of aliphatic hydroxyl groups is 1. The Kier molecular flexibility index (Phi) is 29.1. The number of carbonyl (C=O) groups is 12. The molecule has 112 heavy (non-hydrogen) atoms. The molecule has 1 unspecified atom stereocenters. The Balaban J connectivity index is 1.08. The van der Waals surface area contributed by atoms with Gasteiger partial charge in [-0.05, 0) is 142 Å². The molecule has 10 N–H and O–H groups in total. The fourth-order valence-electron chi connectivity index (χ4n) is 15.3. The van der Waals surface area contributed by atoms with Crippen LogP contribution in [0.4, 0.5) is 4.39 Å². The van der Waals surface area contributed by atoms with Crippen LogP contribution in [-0.4, -0.2) is 234 Å². The molecular weight excluding hydrogens is 1440 g/mol. The number of carbonyl (C=O) groups excluding carboxylic acids is 12. The summed E-state index contributed by atoms with van der Waals surface area (Å²) in [5, 5.41) is 37.2. The number of nitrogens with one attached hydrogen (secondary N) is 9. The van der Waals surface area contributed by atoms with Crippen LogP contribution in [0.1, 0.15) is 138 Å². The van der Waals surface area contributed by atoms with Gasteiger partial charge in [0.2, 0.25) is 70.9 Å². The van der Waals surface area contributed by atoms with Crippen molar-refractivity contribution in [2.75, 3.05) is 74.1 Å². The largest absolute Gasteiger partial charge is 0.497 e. The molecule has 12 bridgehead atoms. The van der Waals surface area contributed by atoms with E-state index < -0.39 is 144 Å². The van der Waals surface area contributed by atoms with Crippen LogP contribution in [0.15, 0.2) is 97.2 Å². The maximum Gasteiger partial charge on any atom is 0.246 e. The first-order valence-corrected chi connectivity index (χ1v) is 39.2. The van der Waals surface area contributed by atoms with E-state index in [4.69, 9.17) is 9.47 Å². The van der Waals surface area contributed by atoms with E-state index in [0.717, 1.165) is 39.9 Å². The van der Waals surface area contributed by atoms with E-state index >= 15 is 33.2 Å². The molecule has 7 heterocycles. The highest BCUT2D eigenvalue weighted by molar-refractivity contribution is 6.00. The predicted molar refractivity (Wildman–Crippen MR) is 413 cm³/mol. The van der Waals surface area contributed by atoms with Gasteiger partial charge in [-0.15, -0.1) is 0 Å². The minimum Gasteiger partial charge on any atom is -0.497 e. The second kappa shape index (κ2) is 38.7. The van der Waals surface area contributed by atoms with E-state index in [9.17, 15) is 33.9 Å². The van der Waals surface area contributed by atoms with Crippen LogP contribution >= 0.6 is 0 Å². The summed E-state index contributed by atoms with van der Waals surface area (Å²) in [5.74, 6) is -8.99. The van der Waals surface area contributed by atoms with Crippen molar-refractivity contribution < 1.29 is 81.0 Å². The van der Waals surface area contributed by atoms with Gasteiger partial charge in [0.15, 0.2) is 0 Å². The zero-order valence-corrected chi connectivity index (χ0v) is 65.3. The number of aryl methyl sites for hydroxylation is 1. The van der Waals surface area contributed by atoms with Gasteiger partial charge in [0, 0.05) is 108 Å². The van der Waals surface area contributed by atoms with Gasteiger partial charge in [0.1, 0.15) is 66.0 Å². The number of unbranched alkanes of at least 4 members (excludes halogenated alkanes) is 2. The van der Waals surface area contributed by atoms with Crippen LogP contribution < -0.4 is 52.6 Å². The third kappa shape index (κ3) is 22.7. The fraction of sp³-hybridized carbons (Fsp3) is 0.537. The third-order valence-electron chi connectivity index (χ3n) is 21.7. The minimum absolute atomic E-state index is 0.0754. The van der Waals surface area contributed by atoms with Crippen LogP contribution in [0.5, 0.6) is 5.75 Å². The first-order valence-electron chi connectivity index (χ1n) is 39.2. The number of hydrogen-bond acceptors (Lipinski definition) is 15. The third-order valence-corrected chi connectivity index (χ3v) is 21.7. The van der Waals surface area contributed by atoms with Gasteiger partial charge >= 0.3 is 0 Å². The number of aliphatic hydroxyl groups excluding tert-OH is 1. The van der Waals surface area contributed by atoms with Crippen LogP contribution in [0.3, 0.4) is 0 Å². The molecule has 11 rings (SSSR count). The molecule has 2 fully saturated rings. The Morgan fingerprint density at radius 3 is 2.15 bits per heavy atom. The number of benzene rings is 4. The van der Waals surface area contributed by atoms with Gasteiger partial charge in [-0.3, -0.25) is 57.5 Å². The molecule has 4 aromatic carbocycles.